The second-order valence-corrected chi connectivity index (χ2v) is 3.37. The van der Waals surface area contributed by atoms with Crippen LogP contribution >= 0.6 is 0 Å². The lowest BCUT2D eigenvalue weighted by atomic mass is 10.0. The molecule has 1 nitrogen and oxygen atoms in total. The van der Waals surface area contributed by atoms with Crippen molar-refractivity contribution >= 4 is 0 Å². The molecule has 1 aromatic rings. The van der Waals surface area contributed by atoms with Crippen LogP contribution in [0, 0.1) is 17.5 Å². The van der Waals surface area contributed by atoms with E-state index in [1.807, 2.05) is 0 Å². The smallest absolute Gasteiger partial charge is 0.166 e. The van der Waals surface area contributed by atoms with E-state index in [2.05, 4.69) is 0 Å². The van der Waals surface area contributed by atoms with Crippen LogP contribution in [-0.2, 0) is 5.54 Å². The van der Waals surface area contributed by atoms with Gasteiger partial charge in [-0.3, -0.25) is 0 Å². The van der Waals surface area contributed by atoms with Gasteiger partial charge in [-0.1, -0.05) is 0 Å². The number of benzene rings is 1. The zero-order valence-corrected chi connectivity index (χ0v) is 6.78. The van der Waals surface area contributed by atoms with Crippen molar-refractivity contribution in [3.05, 3.63) is 35.1 Å². The Hall–Kier alpha value is -1.03. The van der Waals surface area contributed by atoms with Gasteiger partial charge in [0.2, 0.25) is 0 Å². The second-order valence-electron chi connectivity index (χ2n) is 3.37. The highest BCUT2D eigenvalue weighted by Crippen LogP contribution is 2.45. The first-order valence-corrected chi connectivity index (χ1v) is 3.97. The van der Waals surface area contributed by atoms with Gasteiger partial charge in [-0.25, -0.2) is 13.2 Å². The van der Waals surface area contributed by atoms with Crippen molar-refractivity contribution < 1.29 is 13.2 Å². The molecular formula is C9H8F3N. The highest BCUT2D eigenvalue weighted by molar-refractivity contribution is 5.32. The normalized spacial score (nSPS) is 18.8. The molecule has 1 fully saturated rings. The van der Waals surface area contributed by atoms with Crippen molar-refractivity contribution in [1.29, 1.82) is 0 Å². The molecule has 0 atom stereocenters. The van der Waals surface area contributed by atoms with E-state index in [1.54, 1.807) is 0 Å². The minimum Gasteiger partial charge on any atom is -0.321 e. The van der Waals surface area contributed by atoms with Gasteiger partial charge in [0, 0.05) is 11.1 Å². The van der Waals surface area contributed by atoms with Crippen molar-refractivity contribution in [2.24, 2.45) is 5.73 Å². The molecule has 2 N–H and O–H groups in total. The number of rotatable bonds is 1. The molecule has 1 saturated carbocycles. The standard InChI is InChI=1S/C9H8F3N/c10-5-1-2-6(11)8(12)7(5)9(13)3-4-9/h1-2H,3-4,13H2. The van der Waals surface area contributed by atoms with Crippen LogP contribution in [0.3, 0.4) is 0 Å². The minimum absolute atomic E-state index is 0.312. The van der Waals surface area contributed by atoms with Gasteiger partial charge >= 0.3 is 0 Å². The summed E-state index contributed by atoms with van der Waals surface area (Å²) < 4.78 is 38.9. The Balaban J connectivity index is 2.61. The SMILES string of the molecule is NC1(c2c(F)ccc(F)c2F)CC1. The number of hydrogen-bond donors (Lipinski definition) is 1. The van der Waals surface area contributed by atoms with E-state index in [1.165, 1.54) is 0 Å². The summed E-state index contributed by atoms with van der Waals surface area (Å²) in [5.74, 6) is -2.97. The minimum atomic E-state index is -1.15. The van der Waals surface area contributed by atoms with Crippen molar-refractivity contribution in [3.8, 4) is 0 Å². The Morgan fingerprint density at radius 1 is 1.08 bits per heavy atom. The maximum absolute atomic E-state index is 13.1. The van der Waals surface area contributed by atoms with Crippen LogP contribution < -0.4 is 5.73 Å². The summed E-state index contributed by atoms with van der Waals surface area (Å²) in [5, 5.41) is 0. The van der Waals surface area contributed by atoms with Gasteiger partial charge in [-0.2, -0.15) is 0 Å². The van der Waals surface area contributed by atoms with E-state index in [9.17, 15) is 13.2 Å². The number of hydrogen-bond acceptors (Lipinski definition) is 1. The third-order valence-corrected chi connectivity index (χ3v) is 2.33. The van der Waals surface area contributed by atoms with Crippen LogP contribution in [0.15, 0.2) is 12.1 Å². The first kappa shape index (κ1) is 8.56. The molecule has 0 unspecified atom stereocenters. The predicted molar refractivity (Wildman–Crippen MR) is 41.4 cm³/mol. The van der Waals surface area contributed by atoms with E-state index in [-0.39, 0.29) is 5.56 Å². The summed E-state index contributed by atoms with van der Waals surface area (Å²) in [6.45, 7) is 0. The summed E-state index contributed by atoms with van der Waals surface area (Å²) in [6, 6.07) is 1.67. The lowest BCUT2D eigenvalue weighted by Gasteiger charge is -2.11. The molecule has 0 radical (unpaired) electrons. The molecule has 0 aliphatic heterocycles. The molecule has 1 aliphatic carbocycles. The molecule has 70 valence electrons. The van der Waals surface area contributed by atoms with Crippen molar-refractivity contribution in [2.45, 2.75) is 18.4 Å². The van der Waals surface area contributed by atoms with E-state index < -0.39 is 23.0 Å². The monoisotopic (exact) mass is 187 g/mol. The molecule has 0 saturated heterocycles. The third-order valence-electron chi connectivity index (χ3n) is 2.33. The van der Waals surface area contributed by atoms with E-state index in [4.69, 9.17) is 5.73 Å². The highest BCUT2D eigenvalue weighted by atomic mass is 19.2. The molecule has 0 heterocycles. The first-order chi connectivity index (χ1) is 6.04. The second kappa shape index (κ2) is 2.48. The summed E-state index contributed by atoms with van der Waals surface area (Å²) in [6.07, 6.45) is 1.01. The summed E-state index contributed by atoms with van der Waals surface area (Å²) in [7, 11) is 0. The van der Waals surface area contributed by atoms with Crippen LogP contribution in [-0.4, -0.2) is 0 Å². The average Bonchev–Trinajstić information content (AvgIpc) is 2.78. The molecule has 4 heteroatoms. The van der Waals surface area contributed by atoms with Crippen molar-refractivity contribution in [3.63, 3.8) is 0 Å². The Bertz CT molecular complexity index is 358. The van der Waals surface area contributed by atoms with E-state index in [0.717, 1.165) is 12.1 Å². The fraction of sp³-hybridized carbons (Fsp3) is 0.333. The van der Waals surface area contributed by atoms with Gasteiger partial charge in [-0.15, -0.1) is 0 Å². The Kier molecular flexibility index (Phi) is 1.63. The van der Waals surface area contributed by atoms with Crippen LogP contribution in [0.4, 0.5) is 13.2 Å². The van der Waals surface area contributed by atoms with Crippen LogP contribution in [0.25, 0.3) is 0 Å². The average molecular weight is 187 g/mol. The molecule has 0 aromatic heterocycles. The maximum Gasteiger partial charge on any atom is 0.166 e. The van der Waals surface area contributed by atoms with Gasteiger partial charge in [0.1, 0.15) is 5.82 Å². The van der Waals surface area contributed by atoms with Crippen molar-refractivity contribution in [2.75, 3.05) is 0 Å². The Labute approximate surface area is 73.4 Å². The lowest BCUT2D eigenvalue weighted by Crippen LogP contribution is -2.22. The molecular weight excluding hydrogens is 179 g/mol. The van der Waals surface area contributed by atoms with Crippen LogP contribution in [0.2, 0.25) is 0 Å². The number of nitrogens with two attached hydrogens (primary N) is 1. The maximum atomic E-state index is 13.1. The molecule has 2 rings (SSSR count). The first-order valence-electron chi connectivity index (χ1n) is 3.97. The summed E-state index contributed by atoms with van der Waals surface area (Å²) in [4.78, 5) is 0. The Morgan fingerprint density at radius 3 is 2.15 bits per heavy atom. The largest absolute Gasteiger partial charge is 0.321 e. The van der Waals surface area contributed by atoms with Crippen molar-refractivity contribution in [1.82, 2.24) is 0 Å². The van der Waals surface area contributed by atoms with E-state index >= 15 is 0 Å². The molecule has 1 aromatic carbocycles. The zero-order valence-electron chi connectivity index (χ0n) is 6.78. The molecule has 1 aliphatic rings. The molecule has 0 bridgehead atoms. The van der Waals surface area contributed by atoms with Gasteiger partial charge in [-0.05, 0) is 25.0 Å². The van der Waals surface area contributed by atoms with Gasteiger partial charge < -0.3 is 5.73 Å². The van der Waals surface area contributed by atoms with Crippen LogP contribution in [0.5, 0.6) is 0 Å². The molecule has 0 spiro atoms. The lowest BCUT2D eigenvalue weighted by molar-refractivity contribution is 0.461. The highest BCUT2D eigenvalue weighted by Gasteiger charge is 2.44. The topological polar surface area (TPSA) is 26.0 Å². The zero-order chi connectivity index (χ0) is 9.64. The Morgan fingerprint density at radius 2 is 1.62 bits per heavy atom. The molecule has 0 amide bonds. The molecule has 13 heavy (non-hydrogen) atoms. The van der Waals surface area contributed by atoms with Gasteiger partial charge in [0.25, 0.3) is 0 Å². The van der Waals surface area contributed by atoms with Crippen LogP contribution in [0.1, 0.15) is 18.4 Å². The summed E-state index contributed by atoms with van der Waals surface area (Å²) in [5.41, 5.74) is 4.30. The fourth-order valence-corrected chi connectivity index (χ4v) is 1.37. The van der Waals surface area contributed by atoms with E-state index in [0.29, 0.717) is 12.8 Å². The van der Waals surface area contributed by atoms with Gasteiger partial charge in [0.05, 0.1) is 0 Å². The number of halogens is 3. The quantitative estimate of drug-likeness (QED) is 0.669. The fourth-order valence-electron chi connectivity index (χ4n) is 1.37. The third kappa shape index (κ3) is 1.21. The predicted octanol–water partition coefficient (Wildman–Crippen LogP) is 2.05. The van der Waals surface area contributed by atoms with Gasteiger partial charge in [0.15, 0.2) is 11.6 Å². The summed E-state index contributed by atoms with van der Waals surface area (Å²) >= 11 is 0.